The molecule has 0 aliphatic carbocycles. The largest absolute Gasteiger partial charge is 0.480 e. The Morgan fingerprint density at radius 1 is 1.20 bits per heavy atom. The first-order chi connectivity index (χ1) is 19.3. The molecule has 0 unspecified atom stereocenters. The molecule has 2 rings (SSSR count). The number of aromatic nitrogens is 2. The lowest BCUT2D eigenvalue weighted by atomic mass is 9.98. The lowest BCUT2D eigenvalue weighted by molar-refractivity contribution is -0.164. The number of aliphatic hydroxyl groups excluding tert-OH is 1. The van der Waals surface area contributed by atoms with Crippen LogP contribution in [0.15, 0.2) is 17.1 Å². The van der Waals surface area contributed by atoms with Crippen LogP contribution in [0, 0.1) is 10.8 Å². The van der Waals surface area contributed by atoms with Gasteiger partial charge >= 0.3 is 25.5 Å². The van der Waals surface area contributed by atoms with Crippen LogP contribution in [0.25, 0.3) is 0 Å². The van der Waals surface area contributed by atoms with Gasteiger partial charge in [0.25, 0.3) is 0 Å². The molecule has 0 aromatic carbocycles. The van der Waals surface area contributed by atoms with Crippen molar-refractivity contribution < 1.29 is 52.8 Å². The van der Waals surface area contributed by atoms with Crippen molar-refractivity contribution in [2.24, 2.45) is 10.8 Å². The van der Waals surface area contributed by atoms with Gasteiger partial charge in [-0.05, 0) is 47.6 Å². The summed E-state index contributed by atoms with van der Waals surface area (Å²) in [5, 5.41) is 10.7. The number of alkyl halides is 2. The number of aliphatic hydroxyl groups is 1. The highest BCUT2D eigenvalue weighted by Gasteiger charge is 2.57. The lowest BCUT2D eigenvalue weighted by Crippen LogP contribution is -2.47. The molecule has 0 bridgehead atoms. The van der Waals surface area contributed by atoms with Gasteiger partial charge in [-0.15, -0.1) is 11.6 Å². The molecule has 1 aromatic rings. The number of phosphoric ester groups is 1. The van der Waals surface area contributed by atoms with E-state index in [0.717, 1.165) is 4.57 Å². The summed E-state index contributed by atoms with van der Waals surface area (Å²) in [5.41, 5.74) is -4.85. The normalized spacial score (nSPS) is 23.7. The maximum Gasteiger partial charge on any atom is 0.480 e. The molecule has 234 valence electrons. The zero-order valence-corrected chi connectivity index (χ0v) is 25.6. The molecule has 1 saturated heterocycles. The second-order valence-electron chi connectivity index (χ2n) is 11.3. The van der Waals surface area contributed by atoms with Gasteiger partial charge in [0.2, 0.25) is 13.6 Å². The molecule has 17 heteroatoms. The Labute approximate surface area is 244 Å². The number of nitrogens with zero attached hydrogens (tertiary/aromatic N) is 3. The number of halogens is 2. The summed E-state index contributed by atoms with van der Waals surface area (Å²) in [4.78, 5) is 41.9. The van der Waals surface area contributed by atoms with E-state index in [1.54, 1.807) is 41.5 Å². The summed E-state index contributed by atoms with van der Waals surface area (Å²) in [6, 6.07) is 1.35. The smallest absolute Gasteiger partial charge is 0.437 e. The number of ether oxygens (including phenoxy) is 3. The van der Waals surface area contributed by atoms with E-state index in [1.807, 2.05) is 0 Å². The number of anilines is 1. The molecule has 2 heterocycles. The van der Waals surface area contributed by atoms with Crippen molar-refractivity contribution in [2.75, 3.05) is 45.0 Å². The van der Waals surface area contributed by atoms with Crippen LogP contribution in [0.2, 0.25) is 0 Å². The van der Waals surface area contributed by atoms with Gasteiger partial charge in [0.1, 0.15) is 17.5 Å². The Bertz CT molecular complexity index is 1180. The van der Waals surface area contributed by atoms with Gasteiger partial charge in [-0.2, -0.15) is 4.98 Å². The molecule has 1 aromatic heterocycles. The van der Waals surface area contributed by atoms with E-state index in [1.165, 1.54) is 24.2 Å². The SMILES string of the molecule is [3H]CN(C)c1ccn([C@@H]2O[C@](CCl)(COP(=O)(OCOC(=O)C(C)(C)C)OCOC(=O)C(C)(C)C)[C@@H](O)[C@H]2F)c(=O)n1. The fourth-order valence-corrected chi connectivity index (χ4v) is 4.39. The zero-order valence-electron chi connectivity index (χ0n) is 25.0. The van der Waals surface area contributed by atoms with Crippen LogP contribution in [0.5, 0.6) is 0 Å². The first-order valence-electron chi connectivity index (χ1n) is 13.0. The van der Waals surface area contributed by atoms with Crippen molar-refractivity contribution in [3.8, 4) is 0 Å². The summed E-state index contributed by atoms with van der Waals surface area (Å²) >= 11 is 6.05. The summed E-state index contributed by atoms with van der Waals surface area (Å²) in [7, 11) is -3.41. The Morgan fingerprint density at radius 3 is 2.17 bits per heavy atom. The highest BCUT2D eigenvalue weighted by atomic mass is 35.5. The average Bonchev–Trinajstić information content (AvgIpc) is 3.15. The van der Waals surface area contributed by atoms with Crippen molar-refractivity contribution in [2.45, 2.75) is 65.6 Å². The maximum absolute atomic E-state index is 15.3. The third-order valence-electron chi connectivity index (χ3n) is 5.67. The fourth-order valence-electron chi connectivity index (χ4n) is 3.13. The molecule has 0 spiro atoms. The maximum atomic E-state index is 15.3. The van der Waals surface area contributed by atoms with E-state index in [4.69, 9.17) is 40.8 Å². The van der Waals surface area contributed by atoms with Crippen LogP contribution in [0.1, 0.15) is 49.1 Å². The van der Waals surface area contributed by atoms with E-state index >= 15 is 4.39 Å². The molecule has 1 aliphatic heterocycles. The van der Waals surface area contributed by atoms with Crippen molar-refractivity contribution in [3.05, 3.63) is 22.7 Å². The first kappa shape index (κ1) is 33.4. The van der Waals surface area contributed by atoms with E-state index in [-0.39, 0.29) is 12.8 Å². The van der Waals surface area contributed by atoms with Crippen LogP contribution >= 0.6 is 19.4 Å². The highest BCUT2D eigenvalue weighted by molar-refractivity contribution is 7.48. The molecule has 4 atom stereocenters. The second-order valence-corrected chi connectivity index (χ2v) is 13.3. The fraction of sp³-hybridized carbons (Fsp3) is 0.750. The van der Waals surface area contributed by atoms with E-state index < -0.39 is 86.5 Å². The summed E-state index contributed by atoms with van der Waals surface area (Å²) < 4.78 is 67.9. The van der Waals surface area contributed by atoms with Crippen LogP contribution in [0.4, 0.5) is 10.2 Å². The van der Waals surface area contributed by atoms with Gasteiger partial charge in [-0.3, -0.25) is 18.7 Å². The monoisotopic (exact) mass is 631 g/mol. The Balaban J connectivity index is 2.24. The van der Waals surface area contributed by atoms with Crippen molar-refractivity contribution in [1.82, 2.24) is 9.55 Å². The zero-order chi connectivity index (χ0) is 32.1. The molecule has 1 aliphatic rings. The molecular weight excluding hydrogens is 592 g/mol. The molecule has 0 saturated carbocycles. The van der Waals surface area contributed by atoms with Gasteiger partial charge < -0.3 is 24.2 Å². The van der Waals surface area contributed by atoms with Crippen molar-refractivity contribution in [1.29, 1.82) is 0 Å². The van der Waals surface area contributed by atoms with Gasteiger partial charge in [-0.25, -0.2) is 22.8 Å². The molecule has 1 fully saturated rings. The minimum absolute atomic E-state index is 0.154. The number of rotatable bonds is 12. The van der Waals surface area contributed by atoms with E-state index in [2.05, 4.69) is 4.98 Å². The molecule has 14 nitrogen and oxygen atoms in total. The molecular formula is C24H38ClFN3O11P. The Kier molecular flexibility index (Phi) is 10.9. The summed E-state index contributed by atoms with van der Waals surface area (Å²) in [6.07, 6.45) is -4.74. The van der Waals surface area contributed by atoms with Gasteiger partial charge in [0.15, 0.2) is 12.4 Å². The number of carbonyl (C=O) groups excluding carboxylic acids is 2. The van der Waals surface area contributed by atoms with Crippen molar-refractivity contribution in [3.63, 3.8) is 0 Å². The van der Waals surface area contributed by atoms with Gasteiger partial charge in [0, 0.05) is 21.6 Å². The van der Waals surface area contributed by atoms with Crippen LogP contribution < -0.4 is 10.6 Å². The van der Waals surface area contributed by atoms with Crippen LogP contribution in [-0.4, -0.2) is 84.6 Å². The minimum atomic E-state index is -4.74. The Hall–Kier alpha value is -2.13. The predicted octanol–water partition coefficient (Wildman–Crippen LogP) is 2.77. The molecule has 1 N–H and O–H groups in total. The van der Waals surface area contributed by atoms with E-state index in [9.17, 15) is 24.1 Å². The van der Waals surface area contributed by atoms with Gasteiger partial charge in [-0.1, -0.05) is 0 Å². The predicted molar refractivity (Wildman–Crippen MR) is 144 cm³/mol. The second kappa shape index (κ2) is 13.4. The van der Waals surface area contributed by atoms with Gasteiger partial charge in [0.05, 0.1) is 23.3 Å². The van der Waals surface area contributed by atoms with Crippen LogP contribution in [-0.2, 0) is 41.9 Å². The topological polar surface area (TPSA) is 165 Å². The van der Waals surface area contributed by atoms with Crippen LogP contribution in [0.3, 0.4) is 0 Å². The number of hydrogen-bond donors (Lipinski definition) is 1. The number of esters is 2. The summed E-state index contributed by atoms with van der Waals surface area (Å²) in [5.74, 6) is -1.86. The third-order valence-corrected chi connectivity index (χ3v) is 7.41. The Morgan fingerprint density at radius 2 is 1.73 bits per heavy atom. The molecule has 0 radical (unpaired) electrons. The average molecular weight is 632 g/mol. The molecule has 41 heavy (non-hydrogen) atoms. The highest BCUT2D eigenvalue weighted by Crippen LogP contribution is 2.52. The third kappa shape index (κ3) is 8.93. The first-order valence-corrected chi connectivity index (χ1v) is 14.3. The number of phosphoric acid groups is 1. The lowest BCUT2D eigenvalue weighted by Gasteiger charge is -2.30. The molecule has 0 amide bonds. The minimum Gasteiger partial charge on any atom is -0.437 e. The quantitative estimate of drug-likeness (QED) is 0.155. The standard InChI is InChI=1S/C24H38ClFN3O11P/c1-22(2,3)19(31)35-13-38-41(34,39-14-36-20(32)23(4,5)6)37-12-24(11-25)17(30)16(26)18(40-24)29-10-9-15(28(7)8)27-21(29)33/h9-10,16-18,30H,11-14H2,1-8H3/t16-,17+,18-,24-/m1/s1/i7T. The van der Waals surface area contributed by atoms with E-state index in [0.29, 0.717) is 0 Å². The number of carbonyl (C=O) groups is 2. The van der Waals surface area contributed by atoms with Crippen molar-refractivity contribution >= 4 is 37.2 Å². The number of hydrogen-bond acceptors (Lipinski definition) is 13. The summed E-state index contributed by atoms with van der Waals surface area (Å²) in [6.45, 7) is 6.75.